The van der Waals surface area contributed by atoms with Crippen LogP contribution >= 0.6 is 0 Å². The summed E-state index contributed by atoms with van der Waals surface area (Å²) in [4.78, 5) is 0. The summed E-state index contributed by atoms with van der Waals surface area (Å²) in [6.45, 7) is 2.08. The van der Waals surface area contributed by atoms with Gasteiger partial charge in [0.1, 0.15) is 11.5 Å². The molecule has 0 aromatic heterocycles. The summed E-state index contributed by atoms with van der Waals surface area (Å²) in [7, 11) is 0. The van der Waals surface area contributed by atoms with Gasteiger partial charge in [0.2, 0.25) is 13.1 Å². The first-order valence-corrected chi connectivity index (χ1v) is 7.21. The molecule has 0 unspecified atom stereocenters. The zero-order chi connectivity index (χ0) is 15.3. The Kier molecular flexibility index (Phi) is 2.90. The van der Waals surface area contributed by atoms with Gasteiger partial charge in [-0.2, -0.15) is 0 Å². The van der Waals surface area contributed by atoms with Gasteiger partial charge in [-0.05, 0) is 12.1 Å². The lowest BCUT2D eigenvalue weighted by molar-refractivity contribution is -0.0730. The first kappa shape index (κ1) is 13.3. The number of aromatic hydroxyl groups is 1. The number of phenols is 1. The smallest absolute Gasteiger partial charge is 0.231 e. The monoisotopic (exact) mass is 300 g/mol. The number of aliphatic hydroxyl groups excluding tert-OH is 1. The molecule has 0 bridgehead atoms. The number of hydrogen-bond donors (Lipinski definition) is 2. The molecule has 2 aromatic rings. The lowest BCUT2D eigenvalue weighted by Crippen LogP contribution is -2.34. The zero-order valence-corrected chi connectivity index (χ0v) is 12.0. The first-order valence-electron chi connectivity index (χ1n) is 7.21. The molecule has 22 heavy (non-hydrogen) atoms. The van der Waals surface area contributed by atoms with Crippen molar-refractivity contribution in [2.75, 3.05) is 6.79 Å². The maximum atomic E-state index is 10.2. The van der Waals surface area contributed by atoms with Crippen molar-refractivity contribution in [2.45, 2.75) is 19.1 Å². The molecule has 0 radical (unpaired) electrons. The van der Waals surface area contributed by atoms with E-state index in [2.05, 4.69) is 0 Å². The van der Waals surface area contributed by atoms with E-state index in [-0.39, 0.29) is 24.4 Å². The molecule has 0 fully saturated rings. The van der Waals surface area contributed by atoms with Gasteiger partial charge in [-0.15, -0.1) is 0 Å². The molecule has 0 aliphatic carbocycles. The van der Waals surface area contributed by atoms with Gasteiger partial charge < -0.3 is 24.4 Å². The molecule has 0 saturated carbocycles. The Morgan fingerprint density at radius 2 is 1.73 bits per heavy atom. The molecule has 2 N–H and O–H groups in total. The maximum absolute atomic E-state index is 10.2. The van der Waals surface area contributed by atoms with Gasteiger partial charge in [-0.1, -0.05) is 25.1 Å². The Morgan fingerprint density at radius 1 is 1.00 bits per heavy atom. The van der Waals surface area contributed by atoms with Crippen LogP contribution in [0.25, 0.3) is 0 Å². The average molecular weight is 300 g/mol. The van der Waals surface area contributed by atoms with Crippen LogP contribution in [-0.2, 0) is 0 Å². The maximum Gasteiger partial charge on any atom is 0.231 e. The van der Waals surface area contributed by atoms with Crippen molar-refractivity contribution in [1.82, 2.24) is 0 Å². The quantitative estimate of drug-likeness (QED) is 0.847. The second kappa shape index (κ2) is 4.81. The van der Waals surface area contributed by atoms with Crippen molar-refractivity contribution >= 4 is 0 Å². The van der Waals surface area contributed by atoms with Gasteiger partial charge in [0.15, 0.2) is 11.5 Å². The van der Waals surface area contributed by atoms with E-state index in [4.69, 9.17) is 14.2 Å². The number of aliphatic hydroxyl groups is 1. The third-order valence-corrected chi connectivity index (χ3v) is 4.34. The fourth-order valence-electron chi connectivity index (χ4n) is 3.17. The van der Waals surface area contributed by atoms with Crippen molar-refractivity contribution < 1.29 is 24.4 Å². The van der Waals surface area contributed by atoms with Gasteiger partial charge in [0, 0.05) is 29.0 Å². The molecule has 0 saturated heterocycles. The van der Waals surface area contributed by atoms with Crippen LogP contribution in [-0.4, -0.2) is 23.3 Å². The van der Waals surface area contributed by atoms with Crippen LogP contribution in [0.4, 0.5) is 0 Å². The number of fused-ring (bicyclic) bond motifs is 2. The van der Waals surface area contributed by atoms with Crippen LogP contribution in [0.15, 0.2) is 36.4 Å². The van der Waals surface area contributed by atoms with Crippen LogP contribution in [0.3, 0.4) is 0 Å². The fourth-order valence-corrected chi connectivity index (χ4v) is 3.17. The summed E-state index contributed by atoms with van der Waals surface area (Å²) >= 11 is 0. The highest BCUT2D eigenvalue weighted by Gasteiger charge is 2.38. The highest BCUT2D eigenvalue weighted by Crippen LogP contribution is 2.50. The Hall–Kier alpha value is -2.40. The van der Waals surface area contributed by atoms with Crippen LogP contribution in [0, 0.1) is 5.92 Å². The van der Waals surface area contributed by atoms with E-state index in [0.29, 0.717) is 17.2 Å². The molecular formula is C17H16O5. The highest BCUT2D eigenvalue weighted by molar-refractivity contribution is 5.57. The minimum absolute atomic E-state index is 0.178. The van der Waals surface area contributed by atoms with Crippen LogP contribution in [0.1, 0.15) is 24.0 Å². The highest BCUT2D eigenvalue weighted by atomic mass is 16.7. The summed E-state index contributed by atoms with van der Waals surface area (Å²) in [6, 6.07) is 10.8. The molecular weight excluding hydrogens is 284 g/mol. The van der Waals surface area contributed by atoms with Crippen molar-refractivity contribution in [3.63, 3.8) is 0 Å². The third kappa shape index (κ3) is 1.89. The molecule has 4 rings (SSSR count). The number of ether oxygens (including phenoxy) is 3. The lowest BCUT2D eigenvalue weighted by Gasteiger charge is -2.35. The zero-order valence-electron chi connectivity index (χ0n) is 12.0. The predicted octanol–water partition coefficient (Wildman–Crippen LogP) is 2.60. The normalized spacial score (nSPS) is 25.5. The van der Waals surface area contributed by atoms with Gasteiger partial charge >= 0.3 is 0 Å². The summed E-state index contributed by atoms with van der Waals surface area (Å²) in [5.41, 5.74) is 1.64. The van der Waals surface area contributed by atoms with E-state index in [1.165, 1.54) is 0 Å². The Labute approximate surface area is 127 Å². The molecule has 2 aromatic carbocycles. The Bertz CT molecular complexity index is 727. The van der Waals surface area contributed by atoms with Gasteiger partial charge in [-0.25, -0.2) is 0 Å². The molecule has 0 amide bonds. The Balaban J connectivity index is 1.90. The van der Waals surface area contributed by atoms with E-state index in [0.717, 1.165) is 11.1 Å². The van der Waals surface area contributed by atoms with Crippen LogP contribution < -0.4 is 14.2 Å². The number of rotatable bonds is 1. The molecule has 5 heteroatoms. The third-order valence-electron chi connectivity index (χ3n) is 4.34. The summed E-state index contributed by atoms with van der Waals surface area (Å²) < 4.78 is 16.4. The molecule has 0 spiro atoms. The number of phenolic OH excluding ortho intramolecular Hbond substituents is 1. The molecule has 3 atom stereocenters. The minimum atomic E-state index is -0.947. The van der Waals surface area contributed by atoms with Crippen LogP contribution in [0.5, 0.6) is 23.0 Å². The average Bonchev–Trinajstić information content (AvgIpc) is 2.95. The van der Waals surface area contributed by atoms with E-state index < -0.39 is 6.29 Å². The Morgan fingerprint density at radius 3 is 2.50 bits per heavy atom. The van der Waals surface area contributed by atoms with Crippen molar-refractivity contribution in [1.29, 1.82) is 0 Å². The van der Waals surface area contributed by atoms with Gasteiger partial charge in [0.05, 0.1) is 0 Å². The standard InChI is InChI=1S/C17H16O5/c1-9-16(10-4-2-3-5-12(10)18)11-6-14-15(21-8-20-14)7-13(11)22-17(9)19/h2-7,9,16-19H,8H2,1H3/t9-,16+,17-/m0/s1. The summed E-state index contributed by atoms with van der Waals surface area (Å²) in [6.07, 6.45) is -0.947. The SMILES string of the molecule is C[C@H]1[C@H](c2ccccc2O)c2cc3c(cc2O[C@@H]1O)OCO3. The molecule has 2 aliphatic rings. The number of hydrogen-bond acceptors (Lipinski definition) is 5. The topological polar surface area (TPSA) is 68.2 Å². The lowest BCUT2D eigenvalue weighted by atomic mass is 9.78. The van der Waals surface area contributed by atoms with Crippen molar-refractivity contribution in [2.24, 2.45) is 5.92 Å². The van der Waals surface area contributed by atoms with Crippen molar-refractivity contribution in [3.05, 3.63) is 47.5 Å². The van der Waals surface area contributed by atoms with Crippen LogP contribution in [0.2, 0.25) is 0 Å². The molecule has 2 heterocycles. The summed E-state index contributed by atoms with van der Waals surface area (Å²) in [5, 5.41) is 20.4. The largest absolute Gasteiger partial charge is 0.508 e. The van der Waals surface area contributed by atoms with Crippen molar-refractivity contribution in [3.8, 4) is 23.0 Å². The second-order valence-electron chi connectivity index (χ2n) is 5.65. The summed E-state index contributed by atoms with van der Waals surface area (Å²) in [5.74, 6) is 1.64. The minimum Gasteiger partial charge on any atom is -0.508 e. The second-order valence-corrected chi connectivity index (χ2v) is 5.65. The number of para-hydroxylation sites is 1. The fraction of sp³-hybridized carbons (Fsp3) is 0.294. The van der Waals surface area contributed by atoms with Gasteiger partial charge in [0.25, 0.3) is 0 Å². The molecule has 5 nitrogen and oxygen atoms in total. The first-order chi connectivity index (χ1) is 10.6. The van der Waals surface area contributed by atoms with E-state index in [1.807, 2.05) is 25.1 Å². The van der Waals surface area contributed by atoms with E-state index >= 15 is 0 Å². The molecule has 2 aliphatic heterocycles. The predicted molar refractivity (Wildman–Crippen MR) is 78.3 cm³/mol. The van der Waals surface area contributed by atoms with Gasteiger partial charge in [-0.3, -0.25) is 0 Å². The number of benzene rings is 2. The molecule has 114 valence electrons. The van der Waals surface area contributed by atoms with E-state index in [1.54, 1.807) is 18.2 Å². The van der Waals surface area contributed by atoms with E-state index in [9.17, 15) is 10.2 Å².